The third-order valence-corrected chi connectivity index (χ3v) is 8.14. The average Bonchev–Trinajstić information content (AvgIpc) is 3.34. The largest absolute Gasteiger partial charge is 0.366 e. The number of piperazine rings is 1. The molecule has 2 saturated heterocycles. The Labute approximate surface area is 223 Å². The number of carbonyl (C=O) groups excluding carboxylic acids is 1. The predicted octanol–water partition coefficient (Wildman–Crippen LogP) is 4.33. The van der Waals surface area contributed by atoms with E-state index in [2.05, 4.69) is 34.0 Å². The van der Waals surface area contributed by atoms with Crippen molar-refractivity contribution < 1.29 is 4.79 Å². The second-order valence-electron chi connectivity index (χ2n) is 10.0. The number of aromatic nitrogens is 1. The van der Waals surface area contributed by atoms with Gasteiger partial charge in [-0.1, -0.05) is 30.1 Å². The van der Waals surface area contributed by atoms with Crippen LogP contribution in [0.3, 0.4) is 0 Å². The molecule has 4 heterocycles. The molecule has 5 rings (SSSR count). The minimum atomic E-state index is 0.0966. The molecule has 1 N–H and O–H groups in total. The molecule has 0 spiro atoms. The number of anilines is 1. The van der Waals surface area contributed by atoms with Gasteiger partial charge in [0.05, 0.1) is 11.6 Å². The number of benzene rings is 1. The molecule has 1 aromatic heterocycles. The first-order valence-electron chi connectivity index (χ1n) is 13.0. The summed E-state index contributed by atoms with van der Waals surface area (Å²) in [6, 6.07) is 10.4. The predicted molar refractivity (Wildman–Crippen MR) is 147 cm³/mol. The van der Waals surface area contributed by atoms with Crippen LogP contribution in [-0.2, 0) is 0 Å². The molecule has 0 aliphatic carbocycles. The summed E-state index contributed by atoms with van der Waals surface area (Å²) in [6.07, 6.45) is 4.94. The standard InChI is InChI=1S/C27H34Cl2N6O/c1-3-22-17-34(26-24(29)14-20(16-31-26)25-30-15-18(2)32-25)12-13-35(22)23-8-10-33(11-9-23)27(36)19-4-6-21(28)7-5-19/h4-7,14,16,18,22-23H,3,8-13,15,17H2,1-2H3,(H,30,32)/t18?,22-/m0/s1. The maximum atomic E-state index is 12.9. The van der Waals surface area contributed by atoms with E-state index in [0.717, 1.165) is 75.7 Å². The minimum Gasteiger partial charge on any atom is -0.366 e. The Hall–Kier alpha value is -2.35. The lowest BCUT2D eigenvalue weighted by Gasteiger charge is -2.47. The Morgan fingerprint density at radius 1 is 1.11 bits per heavy atom. The second-order valence-corrected chi connectivity index (χ2v) is 10.9. The molecule has 1 unspecified atom stereocenters. The van der Waals surface area contributed by atoms with Crippen LogP contribution in [0, 0.1) is 0 Å². The van der Waals surface area contributed by atoms with Crippen molar-refractivity contribution in [2.45, 2.75) is 51.2 Å². The van der Waals surface area contributed by atoms with Crippen LogP contribution in [0.25, 0.3) is 0 Å². The second kappa shape index (κ2) is 11.0. The summed E-state index contributed by atoms with van der Waals surface area (Å²) in [5, 5.41) is 4.70. The van der Waals surface area contributed by atoms with Gasteiger partial charge in [-0.05, 0) is 56.5 Å². The number of halogens is 2. The quantitative estimate of drug-likeness (QED) is 0.625. The van der Waals surface area contributed by atoms with Crippen molar-refractivity contribution in [1.29, 1.82) is 0 Å². The van der Waals surface area contributed by atoms with Crippen molar-refractivity contribution in [2.24, 2.45) is 4.99 Å². The number of nitrogens with one attached hydrogen (secondary N) is 1. The van der Waals surface area contributed by atoms with E-state index in [4.69, 9.17) is 28.2 Å². The molecule has 2 fully saturated rings. The first-order chi connectivity index (χ1) is 17.4. The zero-order valence-electron chi connectivity index (χ0n) is 21.0. The first kappa shape index (κ1) is 25.3. The van der Waals surface area contributed by atoms with E-state index in [0.29, 0.717) is 33.7 Å². The molecule has 9 heteroatoms. The highest BCUT2D eigenvalue weighted by molar-refractivity contribution is 6.33. The molecule has 0 radical (unpaired) electrons. The van der Waals surface area contributed by atoms with Gasteiger partial charge >= 0.3 is 0 Å². The number of hydrogen-bond acceptors (Lipinski definition) is 6. The van der Waals surface area contributed by atoms with Gasteiger partial charge in [0.1, 0.15) is 11.7 Å². The molecule has 192 valence electrons. The van der Waals surface area contributed by atoms with E-state index in [1.165, 1.54) is 0 Å². The van der Waals surface area contributed by atoms with Crippen LogP contribution in [-0.4, -0.2) is 83.9 Å². The number of aliphatic imine (C=N–C) groups is 1. The molecule has 7 nitrogen and oxygen atoms in total. The van der Waals surface area contributed by atoms with Gasteiger partial charge in [0.15, 0.2) is 0 Å². The number of amides is 1. The normalized spacial score (nSPS) is 23.5. The molecule has 1 amide bonds. The Morgan fingerprint density at radius 3 is 2.50 bits per heavy atom. The Kier molecular flexibility index (Phi) is 7.70. The van der Waals surface area contributed by atoms with E-state index in [-0.39, 0.29) is 5.91 Å². The van der Waals surface area contributed by atoms with E-state index >= 15 is 0 Å². The molecule has 36 heavy (non-hydrogen) atoms. The lowest BCUT2D eigenvalue weighted by Crippen LogP contribution is -2.58. The van der Waals surface area contributed by atoms with E-state index in [1.807, 2.05) is 29.3 Å². The number of pyridine rings is 1. The van der Waals surface area contributed by atoms with E-state index in [9.17, 15) is 4.79 Å². The summed E-state index contributed by atoms with van der Waals surface area (Å²) in [5.74, 6) is 1.83. The Bertz CT molecular complexity index is 1120. The highest BCUT2D eigenvalue weighted by Gasteiger charge is 2.35. The smallest absolute Gasteiger partial charge is 0.253 e. The van der Waals surface area contributed by atoms with Gasteiger partial charge in [-0.3, -0.25) is 14.7 Å². The van der Waals surface area contributed by atoms with Crippen LogP contribution in [0.5, 0.6) is 0 Å². The number of amidine groups is 1. The monoisotopic (exact) mass is 528 g/mol. The van der Waals surface area contributed by atoms with Gasteiger partial charge in [-0.2, -0.15) is 0 Å². The number of nitrogens with zero attached hydrogens (tertiary/aromatic N) is 5. The van der Waals surface area contributed by atoms with Gasteiger partial charge in [0.2, 0.25) is 0 Å². The van der Waals surface area contributed by atoms with Crippen molar-refractivity contribution in [3.63, 3.8) is 0 Å². The maximum absolute atomic E-state index is 12.9. The fourth-order valence-corrected chi connectivity index (χ4v) is 6.01. The summed E-state index contributed by atoms with van der Waals surface area (Å²) >= 11 is 12.7. The molecule has 1 aromatic carbocycles. The van der Waals surface area contributed by atoms with Crippen LogP contribution in [0.2, 0.25) is 10.0 Å². The van der Waals surface area contributed by atoms with Crippen molar-refractivity contribution in [3.8, 4) is 0 Å². The highest BCUT2D eigenvalue weighted by atomic mass is 35.5. The third-order valence-electron chi connectivity index (χ3n) is 7.61. The zero-order valence-corrected chi connectivity index (χ0v) is 22.5. The number of rotatable bonds is 5. The van der Waals surface area contributed by atoms with Gasteiger partial charge < -0.3 is 15.1 Å². The zero-order chi connectivity index (χ0) is 25.2. The average molecular weight is 530 g/mol. The van der Waals surface area contributed by atoms with Gasteiger partial charge in [-0.25, -0.2) is 4.98 Å². The molecule has 3 aliphatic heterocycles. The molecule has 0 bridgehead atoms. The molecule has 3 aliphatic rings. The van der Waals surface area contributed by atoms with Gasteiger partial charge in [0, 0.05) is 73.2 Å². The Morgan fingerprint density at radius 2 is 1.86 bits per heavy atom. The highest BCUT2D eigenvalue weighted by Crippen LogP contribution is 2.30. The summed E-state index contributed by atoms with van der Waals surface area (Å²) < 4.78 is 0. The summed E-state index contributed by atoms with van der Waals surface area (Å²) in [5.41, 5.74) is 1.65. The van der Waals surface area contributed by atoms with Crippen molar-refractivity contribution in [1.82, 2.24) is 20.1 Å². The van der Waals surface area contributed by atoms with E-state index in [1.54, 1.807) is 12.1 Å². The van der Waals surface area contributed by atoms with Crippen molar-refractivity contribution >= 4 is 40.8 Å². The van der Waals surface area contributed by atoms with Crippen LogP contribution in [0.1, 0.15) is 49.0 Å². The molecular formula is C27H34Cl2N6O. The molecule has 0 saturated carbocycles. The third kappa shape index (κ3) is 5.34. The topological polar surface area (TPSA) is 64.1 Å². The molecule has 2 aromatic rings. The Balaban J connectivity index is 1.19. The summed E-state index contributed by atoms with van der Waals surface area (Å²) in [7, 11) is 0. The maximum Gasteiger partial charge on any atom is 0.253 e. The first-order valence-corrected chi connectivity index (χ1v) is 13.7. The summed E-state index contributed by atoms with van der Waals surface area (Å²) in [4.78, 5) is 29.2. The number of hydrogen-bond donors (Lipinski definition) is 1. The minimum absolute atomic E-state index is 0.0966. The fourth-order valence-electron chi connectivity index (χ4n) is 5.60. The van der Waals surface area contributed by atoms with Crippen LogP contribution in [0.4, 0.5) is 5.82 Å². The van der Waals surface area contributed by atoms with Crippen molar-refractivity contribution in [3.05, 3.63) is 57.7 Å². The lowest BCUT2D eigenvalue weighted by atomic mass is 9.97. The van der Waals surface area contributed by atoms with Crippen LogP contribution < -0.4 is 10.2 Å². The van der Waals surface area contributed by atoms with Crippen molar-refractivity contribution in [2.75, 3.05) is 44.2 Å². The number of piperidine rings is 1. The molecular weight excluding hydrogens is 495 g/mol. The SMILES string of the molecule is CC[C@H]1CN(c2ncc(C3=NCC(C)N3)cc2Cl)CCN1C1CCN(C(=O)c2ccc(Cl)cc2)CC1. The fraction of sp³-hybridized carbons (Fsp3) is 0.519. The summed E-state index contributed by atoms with van der Waals surface area (Å²) in [6.45, 7) is 9.49. The van der Waals surface area contributed by atoms with E-state index < -0.39 is 0 Å². The van der Waals surface area contributed by atoms with Crippen LogP contribution >= 0.6 is 23.2 Å². The lowest BCUT2D eigenvalue weighted by molar-refractivity contribution is 0.0491. The molecule has 2 atom stereocenters. The number of carbonyl (C=O) groups is 1. The van der Waals surface area contributed by atoms with Gasteiger partial charge in [-0.15, -0.1) is 0 Å². The number of likely N-dealkylation sites (tertiary alicyclic amines) is 1. The van der Waals surface area contributed by atoms with Crippen LogP contribution in [0.15, 0.2) is 41.5 Å². The van der Waals surface area contributed by atoms with Gasteiger partial charge in [0.25, 0.3) is 5.91 Å².